The molecule has 5 nitrogen and oxygen atoms in total. The number of nitriles is 2. The molecule has 5 heteroatoms. The van der Waals surface area contributed by atoms with Crippen LogP contribution in [0.15, 0.2) is 11.4 Å². The highest BCUT2D eigenvalue weighted by molar-refractivity contribution is 5.39. The van der Waals surface area contributed by atoms with E-state index in [1.807, 2.05) is 12.1 Å². The van der Waals surface area contributed by atoms with Crippen molar-refractivity contribution in [1.82, 2.24) is 10.2 Å². The lowest BCUT2D eigenvalue weighted by molar-refractivity contribution is 0.240. The highest BCUT2D eigenvalue weighted by atomic mass is 16.3. The van der Waals surface area contributed by atoms with Gasteiger partial charge in [0.15, 0.2) is 5.57 Å². The molecule has 0 aliphatic carbocycles. The zero-order chi connectivity index (χ0) is 9.68. The van der Waals surface area contributed by atoms with E-state index in [1.165, 1.54) is 0 Å². The van der Waals surface area contributed by atoms with Crippen LogP contribution < -0.4 is 5.32 Å². The van der Waals surface area contributed by atoms with Crippen LogP contribution in [0.1, 0.15) is 0 Å². The third kappa shape index (κ3) is 1.90. The zero-order valence-corrected chi connectivity index (χ0v) is 7.12. The van der Waals surface area contributed by atoms with Crippen molar-refractivity contribution >= 4 is 0 Å². The fourth-order valence-electron chi connectivity index (χ4n) is 1.25. The van der Waals surface area contributed by atoms with Crippen molar-refractivity contribution in [3.63, 3.8) is 0 Å². The quantitative estimate of drug-likeness (QED) is 0.538. The molecule has 0 atom stereocenters. The van der Waals surface area contributed by atoms with Gasteiger partial charge in [0.05, 0.1) is 6.61 Å². The summed E-state index contributed by atoms with van der Waals surface area (Å²) in [6.07, 6.45) is 0. The van der Waals surface area contributed by atoms with Crippen molar-refractivity contribution in [2.24, 2.45) is 0 Å². The summed E-state index contributed by atoms with van der Waals surface area (Å²) in [5.74, 6) is 0.541. The van der Waals surface area contributed by atoms with Crippen LogP contribution in [0, 0.1) is 22.7 Å². The van der Waals surface area contributed by atoms with Gasteiger partial charge in [0.1, 0.15) is 18.0 Å². The second-order valence-electron chi connectivity index (χ2n) is 2.58. The molecule has 1 fully saturated rings. The van der Waals surface area contributed by atoms with E-state index >= 15 is 0 Å². The molecular weight excluding hydrogens is 168 g/mol. The Labute approximate surface area is 76.5 Å². The third-order valence-electron chi connectivity index (χ3n) is 1.82. The highest BCUT2D eigenvalue weighted by Crippen LogP contribution is 2.10. The normalized spacial score (nSPS) is 14.7. The van der Waals surface area contributed by atoms with Crippen molar-refractivity contribution in [2.45, 2.75) is 0 Å². The van der Waals surface area contributed by atoms with E-state index in [2.05, 4.69) is 5.32 Å². The molecule has 0 aromatic heterocycles. The minimum absolute atomic E-state index is 0.0231. The van der Waals surface area contributed by atoms with E-state index in [0.29, 0.717) is 18.9 Å². The van der Waals surface area contributed by atoms with E-state index in [9.17, 15) is 0 Å². The number of aliphatic hydroxyl groups excluding tert-OH is 1. The van der Waals surface area contributed by atoms with Gasteiger partial charge in [-0.15, -0.1) is 0 Å². The fraction of sp³-hybridized carbons (Fsp3) is 0.500. The first-order valence-electron chi connectivity index (χ1n) is 3.97. The molecular formula is C8H10N4O. The highest BCUT2D eigenvalue weighted by Gasteiger charge is 2.19. The Bertz CT molecular complexity index is 280. The first-order chi connectivity index (χ1) is 6.33. The van der Waals surface area contributed by atoms with Crippen molar-refractivity contribution < 1.29 is 5.11 Å². The van der Waals surface area contributed by atoms with E-state index in [4.69, 9.17) is 15.6 Å². The monoisotopic (exact) mass is 178 g/mol. The maximum atomic E-state index is 8.71. The second kappa shape index (κ2) is 4.34. The van der Waals surface area contributed by atoms with Gasteiger partial charge in [-0.05, 0) is 0 Å². The predicted octanol–water partition coefficient (Wildman–Crippen LogP) is -0.857. The van der Waals surface area contributed by atoms with Gasteiger partial charge in [-0.2, -0.15) is 10.5 Å². The lowest BCUT2D eigenvalue weighted by atomic mass is 10.3. The van der Waals surface area contributed by atoms with Gasteiger partial charge in [-0.25, -0.2) is 0 Å². The van der Waals surface area contributed by atoms with Crippen LogP contribution in [0.2, 0.25) is 0 Å². The number of aliphatic hydroxyl groups is 1. The van der Waals surface area contributed by atoms with Gasteiger partial charge in [0.2, 0.25) is 0 Å². The first-order valence-corrected chi connectivity index (χ1v) is 3.97. The number of hydrogen-bond acceptors (Lipinski definition) is 5. The summed E-state index contributed by atoms with van der Waals surface area (Å²) in [6.45, 7) is 1.91. The number of nitrogens with zero attached hydrogens (tertiary/aromatic N) is 3. The number of nitrogens with one attached hydrogen (secondary N) is 1. The van der Waals surface area contributed by atoms with E-state index in [0.717, 1.165) is 6.54 Å². The Morgan fingerprint density at radius 3 is 2.77 bits per heavy atom. The fourth-order valence-corrected chi connectivity index (χ4v) is 1.25. The predicted molar refractivity (Wildman–Crippen MR) is 44.9 cm³/mol. The zero-order valence-electron chi connectivity index (χ0n) is 7.12. The minimum Gasteiger partial charge on any atom is -0.395 e. The van der Waals surface area contributed by atoms with Gasteiger partial charge >= 0.3 is 0 Å². The molecule has 13 heavy (non-hydrogen) atoms. The van der Waals surface area contributed by atoms with Crippen molar-refractivity contribution in [2.75, 3.05) is 26.2 Å². The summed E-state index contributed by atoms with van der Waals surface area (Å²) in [4.78, 5) is 1.79. The summed E-state index contributed by atoms with van der Waals surface area (Å²) in [7, 11) is 0. The number of hydrogen-bond donors (Lipinski definition) is 2. The molecule has 0 aromatic carbocycles. The Morgan fingerprint density at radius 2 is 2.23 bits per heavy atom. The Kier molecular flexibility index (Phi) is 3.13. The molecule has 0 bridgehead atoms. The summed E-state index contributed by atoms with van der Waals surface area (Å²) in [6, 6.07) is 3.63. The van der Waals surface area contributed by atoms with Crippen LogP contribution in [-0.2, 0) is 0 Å². The minimum atomic E-state index is 0.0231. The van der Waals surface area contributed by atoms with E-state index in [1.54, 1.807) is 4.90 Å². The first kappa shape index (κ1) is 9.37. The number of rotatable bonds is 2. The van der Waals surface area contributed by atoms with Crippen LogP contribution >= 0.6 is 0 Å². The number of allylic oxidation sites excluding steroid dienone is 1. The molecule has 2 N–H and O–H groups in total. The molecule has 0 amide bonds. The van der Waals surface area contributed by atoms with Crippen LogP contribution in [0.3, 0.4) is 0 Å². The molecule has 1 saturated heterocycles. The molecule has 0 aromatic rings. The maximum absolute atomic E-state index is 8.71. The van der Waals surface area contributed by atoms with Gasteiger partial charge in [-0.1, -0.05) is 0 Å². The molecule has 1 rings (SSSR count). The van der Waals surface area contributed by atoms with E-state index < -0.39 is 0 Å². The average molecular weight is 178 g/mol. The Balaban J connectivity index is 2.85. The molecule has 1 aliphatic rings. The van der Waals surface area contributed by atoms with Crippen LogP contribution in [0.25, 0.3) is 0 Å². The van der Waals surface area contributed by atoms with Gasteiger partial charge < -0.3 is 15.3 Å². The topological polar surface area (TPSA) is 83.1 Å². The smallest absolute Gasteiger partial charge is 0.169 e. The van der Waals surface area contributed by atoms with Crippen molar-refractivity contribution in [1.29, 1.82) is 10.5 Å². The third-order valence-corrected chi connectivity index (χ3v) is 1.82. The van der Waals surface area contributed by atoms with Crippen LogP contribution in [0.4, 0.5) is 0 Å². The van der Waals surface area contributed by atoms with Crippen LogP contribution in [0.5, 0.6) is 0 Å². The number of β-amino-alcohol motifs (C(OH)–C–C–N with tert-alkyl or cyclic N) is 1. The average Bonchev–Trinajstić information content (AvgIpc) is 2.57. The Morgan fingerprint density at radius 1 is 1.54 bits per heavy atom. The van der Waals surface area contributed by atoms with Crippen LogP contribution in [-0.4, -0.2) is 36.2 Å². The molecule has 0 unspecified atom stereocenters. The molecule has 68 valence electrons. The molecule has 1 aliphatic heterocycles. The second-order valence-corrected chi connectivity index (χ2v) is 2.58. The lowest BCUT2D eigenvalue weighted by Gasteiger charge is -2.16. The summed E-state index contributed by atoms with van der Waals surface area (Å²) in [5, 5.41) is 28.9. The standard InChI is InChI=1S/C8H10N4O/c9-5-7(6-10)8-11-1-2-12(8)3-4-13/h11,13H,1-4H2. The Hall–Kier alpha value is -1.72. The maximum Gasteiger partial charge on any atom is 0.169 e. The van der Waals surface area contributed by atoms with E-state index in [-0.39, 0.29) is 12.2 Å². The van der Waals surface area contributed by atoms with Gasteiger partial charge in [-0.3, -0.25) is 0 Å². The lowest BCUT2D eigenvalue weighted by Crippen LogP contribution is -2.24. The molecule has 0 radical (unpaired) electrons. The van der Waals surface area contributed by atoms with Crippen molar-refractivity contribution in [3.05, 3.63) is 11.4 Å². The molecule has 0 spiro atoms. The molecule has 0 saturated carbocycles. The van der Waals surface area contributed by atoms with Gasteiger partial charge in [0.25, 0.3) is 0 Å². The van der Waals surface area contributed by atoms with Crippen molar-refractivity contribution in [3.8, 4) is 12.1 Å². The van der Waals surface area contributed by atoms with Gasteiger partial charge in [0, 0.05) is 19.6 Å². The summed E-state index contributed by atoms with van der Waals surface area (Å²) < 4.78 is 0. The molecule has 1 heterocycles. The summed E-state index contributed by atoms with van der Waals surface area (Å²) >= 11 is 0. The largest absolute Gasteiger partial charge is 0.395 e. The summed E-state index contributed by atoms with van der Waals surface area (Å²) in [5.41, 5.74) is 0.0750. The SMILES string of the molecule is N#CC(C#N)=C1NCCN1CCO.